The summed E-state index contributed by atoms with van der Waals surface area (Å²) in [7, 11) is 0. The quantitative estimate of drug-likeness (QED) is 0.840. The fourth-order valence-corrected chi connectivity index (χ4v) is 2.51. The Morgan fingerprint density at radius 2 is 1.89 bits per heavy atom. The average molecular weight is 269 g/mol. The van der Waals surface area contributed by atoms with Gasteiger partial charge in [-0.25, -0.2) is 0 Å². The zero-order valence-corrected chi connectivity index (χ0v) is 11.9. The molecule has 0 saturated heterocycles. The molecule has 0 unspecified atom stereocenters. The highest BCUT2D eigenvalue weighted by Gasteiger charge is 2.13. The van der Waals surface area contributed by atoms with Crippen molar-refractivity contribution in [2.45, 2.75) is 51.6 Å². The second kappa shape index (κ2) is 8.39. The minimum absolute atomic E-state index is 0. The van der Waals surface area contributed by atoms with Gasteiger partial charge in [0.1, 0.15) is 5.75 Å². The largest absolute Gasteiger partial charge is 1.00 e. The summed E-state index contributed by atoms with van der Waals surface area (Å²) in [4.78, 5) is 0. The molecule has 0 amide bonds. The smallest absolute Gasteiger partial charge is 0.123 e. The van der Waals surface area contributed by atoms with E-state index in [0.29, 0.717) is 6.04 Å². The van der Waals surface area contributed by atoms with Crippen LogP contribution in [0.3, 0.4) is 0 Å². The van der Waals surface area contributed by atoms with E-state index in [0.717, 1.165) is 18.9 Å². The Bertz CT molecular complexity index is 337. The van der Waals surface area contributed by atoms with Crippen molar-refractivity contribution in [1.82, 2.24) is 5.32 Å². The Kier molecular flexibility index (Phi) is 7.14. The van der Waals surface area contributed by atoms with Crippen LogP contribution in [0.2, 0.25) is 0 Å². The van der Waals surface area contributed by atoms with Crippen molar-refractivity contribution in [1.29, 1.82) is 0 Å². The minimum atomic E-state index is 0. The summed E-state index contributed by atoms with van der Waals surface area (Å²) in [6.45, 7) is 3.70. The van der Waals surface area contributed by atoms with Gasteiger partial charge in [0, 0.05) is 18.2 Å². The molecule has 1 saturated carbocycles. The first kappa shape index (κ1) is 15.3. The Morgan fingerprint density at radius 3 is 2.61 bits per heavy atom. The SMILES string of the molecule is CCOc1ccccc1CNC1CCCCC1.[Cl-]. The van der Waals surface area contributed by atoms with E-state index in [9.17, 15) is 0 Å². The van der Waals surface area contributed by atoms with Gasteiger partial charge in [0.25, 0.3) is 0 Å². The molecule has 102 valence electrons. The molecular formula is C15H23ClNO-. The normalized spacial score (nSPS) is 16.1. The van der Waals surface area contributed by atoms with E-state index in [1.807, 2.05) is 13.0 Å². The molecule has 1 aliphatic carbocycles. The van der Waals surface area contributed by atoms with E-state index in [4.69, 9.17) is 4.74 Å². The monoisotopic (exact) mass is 268 g/mol. The molecule has 0 atom stereocenters. The highest BCUT2D eigenvalue weighted by atomic mass is 35.5. The summed E-state index contributed by atoms with van der Waals surface area (Å²) in [5.41, 5.74) is 1.28. The van der Waals surface area contributed by atoms with Gasteiger partial charge in [-0.15, -0.1) is 0 Å². The van der Waals surface area contributed by atoms with Crippen molar-refractivity contribution in [2.75, 3.05) is 6.61 Å². The van der Waals surface area contributed by atoms with Gasteiger partial charge in [-0.3, -0.25) is 0 Å². The fourth-order valence-electron chi connectivity index (χ4n) is 2.51. The number of hydrogen-bond donors (Lipinski definition) is 1. The third-order valence-electron chi connectivity index (χ3n) is 3.46. The van der Waals surface area contributed by atoms with Crippen LogP contribution in [0.5, 0.6) is 5.75 Å². The maximum atomic E-state index is 5.64. The standard InChI is InChI=1S/C15H23NO.ClH/c1-2-17-15-11-7-6-8-13(15)12-16-14-9-4-3-5-10-14;/h6-8,11,14,16H,2-5,9-10,12H2,1H3;1H/p-1. The first-order chi connectivity index (χ1) is 8.40. The van der Waals surface area contributed by atoms with Gasteiger partial charge in [0.2, 0.25) is 0 Å². The Labute approximate surface area is 117 Å². The molecule has 1 aromatic carbocycles. The molecule has 0 aromatic heterocycles. The Balaban J connectivity index is 0.00000162. The predicted octanol–water partition coefficient (Wildman–Crippen LogP) is 0.512. The van der Waals surface area contributed by atoms with Crippen LogP contribution in [0.4, 0.5) is 0 Å². The number of para-hydroxylation sites is 1. The summed E-state index contributed by atoms with van der Waals surface area (Å²) in [6, 6.07) is 9.04. The predicted molar refractivity (Wildman–Crippen MR) is 71.3 cm³/mol. The van der Waals surface area contributed by atoms with Gasteiger partial charge >= 0.3 is 0 Å². The molecule has 0 aliphatic heterocycles. The molecule has 0 heterocycles. The summed E-state index contributed by atoms with van der Waals surface area (Å²) in [5.74, 6) is 1.03. The number of hydrogen-bond acceptors (Lipinski definition) is 2. The van der Waals surface area contributed by atoms with E-state index >= 15 is 0 Å². The van der Waals surface area contributed by atoms with Gasteiger partial charge in [-0.1, -0.05) is 37.5 Å². The first-order valence-corrected chi connectivity index (χ1v) is 6.84. The lowest BCUT2D eigenvalue weighted by atomic mass is 9.95. The molecular weight excluding hydrogens is 246 g/mol. The van der Waals surface area contributed by atoms with Crippen LogP contribution in [0.25, 0.3) is 0 Å². The summed E-state index contributed by atoms with van der Waals surface area (Å²) in [5, 5.41) is 3.66. The van der Waals surface area contributed by atoms with Crippen LogP contribution in [0.15, 0.2) is 24.3 Å². The topological polar surface area (TPSA) is 21.3 Å². The van der Waals surface area contributed by atoms with Crippen LogP contribution in [-0.4, -0.2) is 12.6 Å². The first-order valence-electron chi connectivity index (χ1n) is 6.84. The van der Waals surface area contributed by atoms with E-state index in [2.05, 4.69) is 23.5 Å². The molecule has 1 aliphatic rings. The number of benzene rings is 1. The van der Waals surface area contributed by atoms with E-state index < -0.39 is 0 Å². The molecule has 2 nitrogen and oxygen atoms in total. The van der Waals surface area contributed by atoms with Crippen molar-refractivity contribution in [3.8, 4) is 5.75 Å². The van der Waals surface area contributed by atoms with Crippen LogP contribution in [0, 0.1) is 0 Å². The summed E-state index contributed by atoms with van der Waals surface area (Å²) < 4.78 is 5.64. The molecule has 18 heavy (non-hydrogen) atoms. The number of ether oxygens (including phenoxy) is 1. The van der Waals surface area contributed by atoms with Crippen LogP contribution >= 0.6 is 0 Å². The van der Waals surface area contributed by atoms with Gasteiger partial charge in [0.05, 0.1) is 6.61 Å². The molecule has 0 spiro atoms. The van der Waals surface area contributed by atoms with Crippen molar-refractivity contribution < 1.29 is 17.1 Å². The second-order valence-corrected chi connectivity index (χ2v) is 4.76. The van der Waals surface area contributed by atoms with Gasteiger partial charge in [-0.05, 0) is 25.8 Å². The van der Waals surface area contributed by atoms with Gasteiger partial charge < -0.3 is 22.5 Å². The number of halogens is 1. The summed E-state index contributed by atoms with van der Waals surface area (Å²) >= 11 is 0. The molecule has 1 fully saturated rings. The zero-order chi connectivity index (χ0) is 11.9. The average Bonchev–Trinajstić information content (AvgIpc) is 2.39. The second-order valence-electron chi connectivity index (χ2n) is 4.76. The maximum absolute atomic E-state index is 5.64. The van der Waals surface area contributed by atoms with Crippen molar-refractivity contribution >= 4 is 0 Å². The molecule has 3 heteroatoms. The highest BCUT2D eigenvalue weighted by molar-refractivity contribution is 5.33. The van der Waals surface area contributed by atoms with Crippen molar-refractivity contribution in [3.05, 3.63) is 29.8 Å². The third kappa shape index (κ3) is 4.51. The van der Waals surface area contributed by atoms with Crippen molar-refractivity contribution in [3.63, 3.8) is 0 Å². The Morgan fingerprint density at radius 1 is 1.17 bits per heavy atom. The van der Waals surface area contributed by atoms with Crippen LogP contribution in [0.1, 0.15) is 44.6 Å². The lowest BCUT2D eigenvalue weighted by Gasteiger charge is -2.23. The molecule has 0 bridgehead atoms. The highest BCUT2D eigenvalue weighted by Crippen LogP contribution is 2.21. The van der Waals surface area contributed by atoms with Gasteiger partial charge in [-0.2, -0.15) is 0 Å². The lowest BCUT2D eigenvalue weighted by molar-refractivity contribution is -0.00000418. The fraction of sp³-hybridized carbons (Fsp3) is 0.600. The van der Waals surface area contributed by atoms with E-state index in [-0.39, 0.29) is 12.4 Å². The molecule has 1 N–H and O–H groups in total. The molecule has 1 aromatic rings. The van der Waals surface area contributed by atoms with Crippen LogP contribution in [-0.2, 0) is 6.54 Å². The number of nitrogens with one attached hydrogen (secondary N) is 1. The molecule has 2 rings (SSSR count). The third-order valence-corrected chi connectivity index (χ3v) is 3.46. The number of rotatable bonds is 5. The minimum Gasteiger partial charge on any atom is -1.00 e. The van der Waals surface area contributed by atoms with E-state index in [1.54, 1.807) is 0 Å². The maximum Gasteiger partial charge on any atom is 0.123 e. The van der Waals surface area contributed by atoms with Crippen molar-refractivity contribution in [2.24, 2.45) is 0 Å². The summed E-state index contributed by atoms with van der Waals surface area (Å²) in [6.07, 6.45) is 6.83. The molecule has 0 radical (unpaired) electrons. The Hall–Kier alpha value is -0.730. The lowest BCUT2D eigenvalue weighted by Crippen LogP contribution is -3.00. The van der Waals surface area contributed by atoms with Gasteiger partial charge in [0.15, 0.2) is 0 Å². The van der Waals surface area contributed by atoms with E-state index in [1.165, 1.54) is 37.7 Å². The zero-order valence-electron chi connectivity index (χ0n) is 11.1. The van der Waals surface area contributed by atoms with Crippen LogP contribution < -0.4 is 22.5 Å².